The van der Waals surface area contributed by atoms with E-state index in [2.05, 4.69) is 34.1 Å². The number of aromatic hydroxyl groups is 1. The van der Waals surface area contributed by atoms with Crippen LogP contribution in [0.5, 0.6) is 5.88 Å². The molecule has 2 aromatic rings. The van der Waals surface area contributed by atoms with Gasteiger partial charge in [0.15, 0.2) is 0 Å². The molecule has 0 aliphatic carbocycles. The number of anilines is 1. The van der Waals surface area contributed by atoms with Gasteiger partial charge in [-0.15, -0.1) is 0 Å². The van der Waals surface area contributed by atoms with E-state index in [0.29, 0.717) is 24.2 Å². The lowest BCUT2D eigenvalue weighted by atomic mass is 10.0. The molecule has 1 aromatic carbocycles. The molecule has 0 bridgehead atoms. The largest absolute Gasteiger partial charge is 0.493 e. The van der Waals surface area contributed by atoms with Crippen molar-refractivity contribution in [1.82, 2.24) is 9.55 Å². The summed E-state index contributed by atoms with van der Waals surface area (Å²) >= 11 is 0. The molecule has 1 aliphatic rings. The fraction of sp³-hybridized carbons (Fsp3) is 0.421. The van der Waals surface area contributed by atoms with Gasteiger partial charge in [-0.1, -0.05) is 19.9 Å². The van der Waals surface area contributed by atoms with E-state index in [4.69, 9.17) is 4.74 Å². The summed E-state index contributed by atoms with van der Waals surface area (Å²) in [4.78, 5) is 12.9. The number of ether oxygens (including phenoxy) is 1. The van der Waals surface area contributed by atoms with Crippen LogP contribution in [0.15, 0.2) is 28.2 Å². The summed E-state index contributed by atoms with van der Waals surface area (Å²) in [6.45, 7) is 4.92. The average Bonchev–Trinajstić information content (AvgIpc) is 3.15. The van der Waals surface area contributed by atoms with Crippen LogP contribution in [0.4, 0.5) is 11.6 Å². The first kappa shape index (κ1) is 18.1. The highest BCUT2D eigenvalue weighted by atomic mass is 16.5. The van der Waals surface area contributed by atoms with Gasteiger partial charge in [-0.2, -0.15) is 0 Å². The first-order chi connectivity index (χ1) is 12.5. The Hall–Kier alpha value is -2.67. The van der Waals surface area contributed by atoms with Crippen molar-refractivity contribution >= 4 is 24.1 Å². The smallest absolute Gasteiger partial charge is 0.220 e. The highest BCUT2D eigenvalue weighted by Gasteiger charge is 2.17. The van der Waals surface area contributed by atoms with Gasteiger partial charge >= 0.3 is 0 Å². The number of rotatable bonds is 7. The fourth-order valence-corrected chi connectivity index (χ4v) is 3.01. The topological polar surface area (TPSA) is 84.0 Å². The third-order valence-electron chi connectivity index (χ3n) is 4.24. The minimum Gasteiger partial charge on any atom is -0.493 e. The number of benzene rings is 1. The Kier molecular flexibility index (Phi) is 5.37. The predicted molar refractivity (Wildman–Crippen MR) is 103 cm³/mol. The first-order valence-corrected chi connectivity index (χ1v) is 8.71. The van der Waals surface area contributed by atoms with Crippen molar-refractivity contribution in [2.45, 2.75) is 26.3 Å². The van der Waals surface area contributed by atoms with Crippen LogP contribution in [0.2, 0.25) is 0 Å². The summed E-state index contributed by atoms with van der Waals surface area (Å²) < 4.78 is 6.95. The highest BCUT2D eigenvalue weighted by Crippen LogP contribution is 2.23. The quantitative estimate of drug-likeness (QED) is 0.792. The van der Waals surface area contributed by atoms with Gasteiger partial charge in [-0.05, 0) is 35.8 Å². The number of hydrogen-bond acceptors (Lipinski definition) is 6. The molecular formula is C19H25N5O2. The monoisotopic (exact) mass is 355 g/mol. The predicted octanol–water partition coefficient (Wildman–Crippen LogP) is 1.72. The van der Waals surface area contributed by atoms with Crippen LogP contribution >= 0.6 is 0 Å². The Balaban J connectivity index is 1.88. The van der Waals surface area contributed by atoms with Crippen LogP contribution in [0.25, 0.3) is 6.08 Å². The number of imidazole rings is 1. The molecule has 0 saturated carbocycles. The van der Waals surface area contributed by atoms with E-state index in [1.165, 1.54) is 0 Å². The molecule has 0 fully saturated rings. The van der Waals surface area contributed by atoms with Crippen molar-refractivity contribution in [3.05, 3.63) is 34.5 Å². The van der Waals surface area contributed by atoms with Crippen LogP contribution in [-0.2, 0) is 11.8 Å². The van der Waals surface area contributed by atoms with Gasteiger partial charge in [0.2, 0.25) is 11.8 Å². The molecule has 1 aromatic heterocycles. The van der Waals surface area contributed by atoms with E-state index in [9.17, 15) is 5.11 Å². The van der Waals surface area contributed by atoms with E-state index in [1.54, 1.807) is 25.1 Å². The summed E-state index contributed by atoms with van der Waals surface area (Å²) in [6.07, 6.45) is 4.33. The van der Waals surface area contributed by atoms with Crippen LogP contribution in [0, 0.1) is 5.92 Å². The van der Waals surface area contributed by atoms with Gasteiger partial charge in [0, 0.05) is 14.2 Å². The number of aromatic nitrogens is 2. The second kappa shape index (κ2) is 7.70. The van der Waals surface area contributed by atoms with Gasteiger partial charge in [-0.25, -0.2) is 15.0 Å². The summed E-state index contributed by atoms with van der Waals surface area (Å²) in [5, 5.41) is 15.6. The molecule has 2 heterocycles. The SMILES string of the molecule is COCC(CC(C)C)Nc1nc(C=c2ccc3c(c2)N=CN=3)c(O)n1C. The molecule has 1 atom stereocenters. The maximum absolute atomic E-state index is 10.4. The molecule has 1 aliphatic heterocycles. The van der Waals surface area contributed by atoms with Crippen molar-refractivity contribution in [2.75, 3.05) is 19.0 Å². The molecule has 0 saturated heterocycles. The van der Waals surface area contributed by atoms with Crippen LogP contribution < -0.4 is 15.9 Å². The lowest BCUT2D eigenvalue weighted by Gasteiger charge is -2.20. The minimum atomic E-state index is 0.113. The summed E-state index contributed by atoms with van der Waals surface area (Å²) in [6, 6.07) is 5.90. The fourth-order valence-electron chi connectivity index (χ4n) is 3.01. The number of nitrogens with one attached hydrogen (secondary N) is 1. The summed E-state index contributed by atoms with van der Waals surface area (Å²) in [7, 11) is 3.47. The zero-order chi connectivity index (χ0) is 18.7. The molecule has 0 amide bonds. The number of nitrogens with zero attached hydrogens (tertiary/aromatic N) is 4. The molecule has 138 valence electrons. The Bertz CT molecular complexity index is 930. The number of hydrogen-bond donors (Lipinski definition) is 2. The third-order valence-corrected chi connectivity index (χ3v) is 4.24. The summed E-state index contributed by atoms with van der Waals surface area (Å²) in [5.41, 5.74) is 1.33. The minimum absolute atomic E-state index is 0.113. The first-order valence-electron chi connectivity index (χ1n) is 8.71. The van der Waals surface area contributed by atoms with E-state index in [0.717, 1.165) is 22.7 Å². The maximum Gasteiger partial charge on any atom is 0.220 e. The van der Waals surface area contributed by atoms with Gasteiger partial charge in [-0.3, -0.25) is 4.57 Å². The molecule has 1 unspecified atom stereocenters. The Morgan fingerprint density at radius 3 is 2.88 bits per heavy atom. The molecule has 3 rings (SSSR count). The number of methoxy groups -OCH3 is 1. The molecule has 26 heavy (non-hydrogen) atoms. The van der Waals surface area contributed by atoms with Crippen LogP contribution in [0.1, 0.15) is 26.0 Å². The van der Waals surface area contributed by atoms with E-state index >= 15 is 0 Å². The standard InChI is InChI=1S/C19H25N5O2/c1-12(2)7-14(10-26-4)22-19-23-17(18(25)24(19)3)9-13-5-6-15-16(8-13)21-11-20-15/h5-6,8-9,11-12,14,25H,7,10H2,1-4H3,(H,22,23). The van der Waals surface area contributed by atoms with Crippen LogP contribution in [0.3, 0.4) is 0 Å². The van der Waals surface area contributed by atoms with Crippen molar-refractivity contribution in [2.24, 2.45) is 23.0 Å². The van der Waals surface area contributed by atoms with Crippen LogP contribution in [-0.4, -0.2) is 40.8 Å². The second-order valence-electron chi connectivity index (χ2n) is 6.90. The molecule has 7 nitrogen and oxygen atoms in total. The average molecular weight is 355 g/mol. The summed E-state index contributed by atoms with van der Waals surface area (Å²) in [5.74, 6) is 1.26. The highest BCUT2D eigenvalue weighted by molar-refractivity contribution is 5.67. The second-order valence-corrected chi connectivity index (χ2v) is 6.90. The zero-order valence-corrected chi connectivity index (χ0v) is 15.6. The molecule has 2 N–H and O–H groups in total. The van der Waals surface area contributed by atoms with E-state index < -0.39 is 0 Å². The van der Waals surface area contributed by atoms with Gasteiger partial charge in [0.1, 0.15) is 12.0 Å². The lowest BCUT2D eigenvalue weighted by Crippen LogP contribution is -2.28. The van der Waals surface area contributed by atoms with Gasteiger partial charge in [0.25, 0.3) is 0 Å². The Labute approximate surface area is 152 Å². The Morgan fingerprint density at radius 1 is 1.35 bits per heavy atom. The van der Waals surface area contributed by atoms with Gasteiger partial charge in [0.05, 0.1) is 23.7 Å². The third kappa shape index (κ3) is 3.94. The molecule has 7 heteroatoms. The normalized spacial score (nSPS) is 14.6. The lowest BCUT2D eigenvalue weighted by molar-refractivity contribution is 0.177. The van der Waals surface area contributed by atoms with Gasteiger partial charge < -0.3 is 15.2 Å². The zero-order valence-electron chi connectivity index (χ0n) is 15.6. The number of fused-ring (bicyclic) bond motifs is 1. The molecular weight excluding hydrogens is 330 g/mol. The van der Waals surface area contributed by atoms with E-state index in [1.807, 2.05) is 24.3 Å². The maximum atomic E-state index is 10.4. The van der Waals surface area contributed by atoms with E-state index in [-0.39, 0.29) is 11.9 Å². The van der Waals surface area contributed by atoms with Crippen molar-refractivity contribution in [1.29, 1.82) is 0 Å². The van der Waals surface area contributed by atoms with Crippen molar-refractivity contribution in [3.8, 4) is 5.88 Å². The molecule has 0 spiro atoms. The molecule has 0 radical (unpaired) electrons. The van der Waals surface area contributed by atoms with Crippen molar-refractivity contribution in [3.63, 3.8) is 0 Å². The number of aliphatic imine (C=N–C) groups is 1. The Morgan fingerprint density at radius 2 is 2.15 bits per heavy atom. The van der Waals surface area contributed by atoms with Crippen molar-refractivity contribution < 1.29 is 9.84 Å².